The van der Waals surface area contributed by atoms with Crippen molar-refractivity contribution in [1.82, 2.24) is 0 Å². The van der Waals surface area contributed by atoms with Crippen LogP contribution in [0.2, 0.25) is 0 Å². The van der Waals surface area contributed by atoms with Gasteiger partial charge in [0.05, 0.1) is 12.5 Å². The zero-order valence-electron chi connectivity index (χ0n) is 8.66. The number of rotatable bonds is 4. The van der Waals surface area contributed by atoms with E-state index in [4.69, 9.17) is 4.74 Å². The first-order valence-corrected chi connectivity index (χ1v) is 4.94. The van der Waals surface area contributed by atoms with E-state index in [0.29, 0.717) is 0 Å². The Bertz CT molecular complexity index is 255. The van der Waals surface area contributed by atoms with E-state index in [9.17, 15) is 9.59 Å². The molecule has 0 aliphatic heterocycles. The second kappa shape index (κ2) is 5.05. The molecule has 1 aliphatic rings. The minimum absolute atomic E-state index is 0.00164. The number of carbonyl (C=O) groups is 2. The van der Waals surface area contributed by atoms with Crippen molar-refractivity contribution in [1.29, 1.82) is 0 Å². The Labute approximate surface area is 84.1 Å². The summed E-state index contributed by atoms with van der Waals surface area (Å²) in [6.45, 7) is 3.85. The molecule has 3 heteroatoms. The van der Waals surface area contributed by atoms with Crippen LogP contribution in [0.25, 0.3) is 0 Å². The minimum Gasteiger partial charge on any atom is -0.367 e. The molecule has 0 N–H and O–H groups in total. The molecule has 0 amide bonds. The molecule has 0 heterocycles. The van der Waals surface area contributed by atoms with Crippen LogP contribution in [0.5, 0.6) is 0 Å². The van der Waals surface area contributed by atoms with E-state index in [1.807, 2.05) is 26.0 Å². The number of Topliss-reactive ketones (excluding diaryl/α,β-unsaturated/α-hetero) is 2. The van der Waals surface area contributed by atoms with Crippen LogP contribution in [0.4, 0.5) is 0 Å². The molecule has 0 spiro atoms. The average molecular weight is 196 g/mol. The van der Waals surface area contributed by atoms with Crippen molar-refractivity contribution >= 4 is 11.6 Å². The largest absolute Gasteiger partial charge is 0.367 e. The molecule has 0 aromatic rings. The molecule has 14 heavy (non-hydrogen) atoms. The summed E-state index contributed by atoms with van der Waals surface area (Å²) >= 11 is 0. The SMILES string of the molecule is CC=CCC(C)OC1CC(=O)CC1=O. The highest BCUT2D eigenvalue weighted by atomic mass is 16.5. The number of carbonyl (C=O) groups excluding carboxylic acids is 2. The molecule has 2 unspecified atom stereocenters. The summed E-state index contributed by atoms with van der Waals surface area (Å²) in [6.07, 6.45) is 4.57. The maximum absolute atomic E-state index is 11.2. The van der Waals surface area contributed by atoms with Crippen LogP contribution in [-0.4, -0.2) is 23.8 Å². The third-order valence-electron chi connectivity index (χ3n) is 2.24. The predicted octanol–water partition coefficient (Wildman–Crippen LogP) is 1.66. The third kappa shape index (κ3) is 3.07. The summed E-state index contributed by atoms with van der Waals surface area (Å²) in [4.78, 5) is 22.2. The molecular weight excluding hydrogens is 180 g/mol. The second-order valence-corrected chi connectivity index (χ2v) is 3.63. The lowest BCUT2D eigenvalue weighted by Gasteiger charge is -2.15. The zero-order chi connectivity index (χ0) is 10.6. The van der Waals surface area contributed by atoms with Crippen LogP contribution < -0.4 is 0 Å². The average Bonchev–Trinajstić information content (AvgIpc) is 2.42. The molecule has 0 radical (unpaired) electrons. The topological polar surface area (TPSA) is 43.4 Å². The van der Waals surface area contributed by atoms with Gasteiger partial charge in [-0.1, -0.05) is 12.2 Å². The van der Waals surface area contributed by atoms with Gasteiger partial charge < -0.3 is 4.74 Å². The Hall–Kier alpha value is -0.960. The van der Waals surface area contributed by atoms with Gasteiger partial charge in [0.2, 0.25) is 0 Å². The van der Waals surface area contributed by atoms with Gasteiger partial charge in [-0.2, -0.15) is 0 Å². The molecule has 0 saturated heterocycles. The summed E-state index contributed by atoms with van der Waals surface area (Å²) in [6, 6.07) is 0. The first kappa shape index (κ1) is 11.1. The summed E-state index contributed by atoms with van der Waals surface area (Å²) < 4.78 is 5.47. The third-order valence-corrected chi connectivity index (χ3v) is 2.24. The fraction of sp³-hybridized carbons (Fsp3) is 0.636. The van der Waals surface area contributed by atoms with Gasteiger partial charge in [-0.25, -0.2) is 0 Å². The Kier molecular flexibility index (Phi) is 4.01. The normalized spacial score (nSPS) is 24.9. The van der Waals surface area contributed by atoms with Gasteiger partial charge in [0.1, 0.15) is 11.9 Å². The van der Waals surface area contributed by atoms with Gasteiger partial charge in [-0.3, -0.25) is 9.59 Å². The Morgan fingerprint density at radius 2 is 2.29 bits per heavy atom. The molecule has 78 valence electrons. The van der Waals surface area contributed by atoms with Crippen molar-refractivity contribution in [2.45, 2.75) is 45.3 Å². The van der Waals surface area contributed by atoms with E-state index >= 15 is 0 Å². The maximum atomic E-state index is 11.2. The molecule has 0 aromatic heterocycles. The van der Waals surface area contributed by atoms with Crippen LogP contribution in [0, 0.1) is 0 Å². The monoisotopic (exact) mass is 196 g/mol. The molecule has 3 nitrogen and oxygen atoms in total. The molecule has 1 fully saturated rings. The highest BCUT2D eigenvalue weighted by Crippen LogP contribution is 2.17. The molecule has 1 aliphatic carbocycles. The lowest BCUT2D eigenvalue weighted by molar-refractivity contribution is -0.130. The van der Waals surface area contributed by atoms with Gasteiger partial charge in [-0.05, 0) is 20.3 Å². The van der Waals surface area contributed by atoms with E-state index in [-0.39, 0.29) is 30.5 Å². The molecular formula is C11H16O3. The molecule has 0 bridgehead atoms. The zero-order valence-corrected chi connectivity index (χ0v) is 8.66. The number of hydrogen-bond acceptors (Lipinski definition) is 3. The lowest BCUT2D eigenvalue weighted by Crippen LogP contribution is -2.23. The van der Waals surface area contributed by atoms with Gasteiger partial charge in [-0.15, -0.1) is 0 Å². The van der Waals surface area contributed by atoms with E-state index in [1.54, 1.807) is 0 Å². The highest BCUT2D eigenvalue weighted by molar-refractivity contribution is 6.08. The standard InChI is InChI=1S/C11H16O3/c1-3-4-5-8(2)14-11-7-9(12)6-10(11)13/h3-4,8,11H,5-7H2,1-2H3. The van der Waals surface area contributed by atoms with Gasteiger partial charge >= 0.3 is 0 Å². The van der Waals surface area contributed by atoms with Gasteiger partial charge in [0.15, 0.2) is 5.78 Å². The lowest BCUT2D eigenvalue weighted by atomic mass is 10.2. The smallest absolute Gasteiger partial charge is 0.169 e. The maximum Gasteiger partial charge on any atom is 0.169 e. The van der Waals surface area contributed by atoms with Crippen molar-refractivity contribution in [3.05, 3.63) is 12.2 Å². The van der Waals surface area contributed by atoms with Crippen molar-refractivity contribution in [3.8, 4) is 0 Å². The number of allylic oxidation sites excluding steroid dienone is 1. The first-order chi connectivity index (χ1) is 6.63. The number of ether oxygens (including phenoxy) is 1. The summed E-state index contributed by atoms with van der Waals surface area (Å²) in [5, 5.41) is 0. The van der Waals surface area contributed by atoms with Gasteiger partial charge in [0, 0.05) is 6.42 Å². The molecule has 1 rings (SSSR count). The van der Waals surface area contributed by atoms with E-state index in [2.05, 4.69) is 0 Å². The predicted molar refractivity (Wildman–Crippen MR) is 53.0 cm³/mol. The summed E-state index contributed by atoms with van der Waals surface area (Å²) in [7, 11) is 0. The van der Waals surface area contributed by atoms with Crippen LogP contribution >= 0.6 is 0 Å². The van der Waals surface area contributed by atoms with Crippen LogP contribution in [0.3, 0.4) is 0 Å². The van der Waals surface area contributed by atoms with Crippen molar-refractivity contribution in [3.63, 3.8) is 0 Å². The summed E-state index contributed by atoms with van der Waals surface area (Å²) in [5.41, 5.74) is 0. The van der Waals surface area contributed by atoms with Crippen LogP contribution in [0.15, 0.2) is 12.2 Å². The summed E-state index contributed by atoms with van der Waals surface area (Å²) in [5.74, 6) is -0.0689. The first-order valence-electron chi connectivity index (χ1n) is 4.94. The highest BCUT2D eigenvalue weighted by Gasteiger charge is 2.32. The molecule has 0 aromatic carbocycles. The molecule has 2 atom stereocenters. The fourth-order valence-electron chi connectivity index (χ4n) is 1.49. The Balaban J connectivity index is 2.36. The van der Waals surface area contributed by atoms with Crippen molar-refractivity contribution in [2.75, 3.05) is 0 Å². The Morgan fingerprint density at radius 3 is 2.79 bits per heavy atom. The van der Waals surface area contributed by atoms with Crippen molar-refractivity contribution in [2.24, 2.45) is 0 Å². The van der Waals surface area contributed by atoms with Crippen LogP contribution in [-0.2, 0) is 14.3 Å². The molecule has 1 saturated carbocycles. The van der Waals surface area contributed by atoms with Gasteiger partial charge in [0.25, 0.3) is 0 Å². The number of ketones is 2. The van der Waals surface area contributed by atoms with E-state index in [1.165, 1.54) is 0 Å². The van der Waals surface area contributed by atoms with E-state index < -0.39 is 6.10 Å². The second-order valence-electron chi connectivity index (χ2n) is 3.63. The quantitative estimate of drug-likeness (QED) is 0.507. The number of hydrogen-bond donors (Lipinski definition) is 0. The fourth-order valence-corrected chi connectivity index (χ4v) is 1.49. The Morgan fingerprint density at radius 1 is 1.57 bits per heavy atom. The minimum atomic E-state index is -0.484. The van der Waals surface area contributed by atoms with E-state index in [0.717, 1.165) is 6.42 Å². The van der Waals surface area contributed by atoms with Crippen molar-refractivity contribution < 1.29 is 14.3 Å². The van der Waals surface area contributed by atoms with Crippen LogP contribution in [0.1, 0.15) is 33.1 Å².